The second-order valence-corrected chi connectivity index (χ2v) is 4.35. The molecule has 2 aromatic heterocycles. The molecular formula is C14H14N4. The van der Waals surface area contributed by atoms with E-state index < -0.39 is 0 Å². The summed E-state index contributed by atoms with van der Waals surface area (Å²) in [5.41, 5.74) is 7.99. The van der Waals surface area contributed by atoms with Crippen LogP contribution >= 0.6 is 0 Å². The minimum atomic E-state index is -0.00595. The maximum atomic E-state index is 5.89. The fourth-order valence-electron chi connectivity index (χ4n) is 1.99. The number of nitrogens with two attached hydrogens (primary N) is 1. The Morgan fingerprint density at radius 2 is 2.06 bits per heavy atom. The first-order valence-corrected chi connectivity index (χ1v) is 5.90. The van der Waals surface area contributed by atoms with Gasteiger partial charge in [0.2, 0.25) is 0 Å². The van der Waals surface area contributed by atoms with E-state index in [2.05, 4.69) is 10.1 Å². The van der Waals surface area contributed by atoms with Gasteiger partial charge in [-0.1, -0.05) is 18.2 Å². The van der Waals surface area contributed by atoms with Crippen molar-refractivity contribution in [2.45, 2.75) is 13.0 Å². The molecule has 1 unspecified atom stereocenters. The Morgan fingerprint density at radius 1 is 1.22 bits per heavy atom. The largest absolute Gasteiger partial charge is 0.324 e. The molecule has 1 atom stereocenters. The van der Waals surface area contributed by atoms with Crippen molar-refractivity contribution in [2.24, 2.45) is 5.73 Å². The zero-order valence-electron chi connectivity index (χ0n) is 10.1. The molecule has 3 rings (SSSR count). The molecule has 0 bridgehead atoms. The Bertz CT molecular complexity index is 685. The van der Waals surface area contributed by atoms with E-state index in [1.165, 1.54) is 0 Å². The lowest BCUT2D eigenvalue weighted by Crippen LogP contribution is -2.07. The van der Waals surface area contributed by atoms with Crippen LogP contribution in [-0.2, 0) is 0 Å². The second-order valence-electron chi connectivity index (χ2n) is 4.35. The first kappa shape index (κ1) is 10.9. The number of hydrogen-bond donors (Lipinski definition) is 1. The molecule has 2 heterocycles. The molecule has 1 aromatic carbocycles. The van der Waals surface area contributed by atoms with Gasteiger partial charge in [-0.15, -0.1) is 0 Å². The van der Waals surface area contributed by atoms with Gasteiger partial charge in [0.05, 0.1) is 11.7 Å². The molecule has 2 N–H and O–H groups in total. The van der Waals surface area contributed by atoms with Crippen LogP contribution in [0.2, 0.25) is 0 Å². The van der Waals surface area contributed by atoms with Gasteiger partial charge in [-0.05, 0) is 30.7 Å². The zero-order valence-corrected chi connectivity index (χ0v) is 10.1. The van der Waals surface area contributed by atoms with E-state index in [0.29, 0.717) is 0 Å². The van der Waals surface area contributed by atoms with E-state index in [0.717, 1.165) is 22.3 Å². The lowest BCUT2D eigenvalue weighted by molar-refractivity contribution is 0.802. The second kappa shape index (κ2) is 4.23. The van der Waals surface area contributed by atoms with Crippen molar-refractivity contribution in [3.05, 3.63) is 54.4 Å². The van der Waals surface area contributed by atoms with Gasteiger partial charge in [-0.3, -0.25) is 0 Å². The average molecular weight is 238 g/mol. The van der Waals surface area contributed by atoms with Crippen molar-refractivity contribution >= 4 is 10.9 Å². The van der Waals surface area contributed by atoms with Gasteiger partial charge < -0.3 is 5.73 Å². The molecule has 0 saturated heterocycles. The summed E-state index contributed by atoms with van der Waals surface area (Å²) in [6.07, 6.45) is 3.61. The summed E-state index contributed by atoms with van der Waals surface area (Å²) in [6.45, 7) is 1.96. The van der Waals surface area contributed by atoms with Crippen molar-refractivity contribution < 1.29 is 0 Å². The molecule has 0 saturated carbocycles. The lowest BCUT2D eigenvalue weighted by Gasteiger charge is -2.08. The molecular weight excluding hydrogens is 224 g/mol. The number of nitrogens with zero attached hydrogens (tertiary/aromatic N) is 3. The van der Waals surface area contributed by atoms with Crippen LogP contribution in [0, 0.1) is 0 Å². The maximum Gasteiger partial charge on any atom is 0.154 e. The van der Waals surface area contributed by atoms with Crippen LogP contribution in [0.3, 0.4) is 0 Å². The van der Waals surface area contributed by atoms with Crippen molar-refractivity contribution in [1.82, 2.24) is 14.8 Å². The molecule has 3 aromatic rings. The highest BCUT2D eigenvalue weighted by molar-refractivity contribution is 5.79. The summed E-state index contributed by atoms with van der Waals surface area (Å²) < 4.78 is 1.83. The number of para-hydroxylation sites is 1. The monoisotopic (exact) mass is 238 g/mol. The summed E-state index contributed by atoms with van der Waals surface area (Å²) in [6, 6.07) is 12.0. The van der Waals surface area contributed by atoms with E-state index in [1.807, 2.05) is 54.2 Å². The Morgan fingerprint density at radius 3 is 2.89 bits per heavy atom. The van der Waals surface area contributed by atoms with Gasteiger partial charge in [-0.2, -0.15) is 5.10 Å². The summed E-state index contributed by atoms with van der Waals surface area (Å²) in [7, 11) is 0. The molecule has 0 fully saturated rings. The van der Waals surface area contributed by atoms with Crippen molar-refractivity contribution in [3.8, 4) is 5.82 Å². The molecule has 0 radical (unpaired) electrons. The highest BCUT2D eigenvalue weighted by atomic mass is 15.3. The summed E-state index contributed by atoms with van der Waals surface area (Å²) in [5.74, 6) is 0.797. The summed E-state index contributed by atoms with van der Waals surface area (Å²) >= 11 is 0. The van der Waals surface area contributed by atoms with Crippen molar-refractivity contribution in [2.75, 3.05) is 0 Å². The quantitative estimate of drug-likeness (QED) is 0.746. The molecule has 0 amide bonds. The number of pyridine rings is 1. The molecule has 4 heteroatoms. The average Bonchev–Trinajstić information content (AvgIpc) is 2.82. The third kappa shape index (κ3) is 1.76. The van der Waals surface area contributed by atoms with Crippen LogP contribution in [0.4, 0.5) is 0 Å². The Labute approximate surface area is 105 Å². The number of fused-ring (bicyclic) bond motifs is 1. The minimum absolute atomic E-state index is 0.00595. The molecule has 0 aliphatic carbocycles. The van der Waals surface area contributed by atoms with Crippen LogP contribution in [-0.4, -0.2) is 14.8 Å². The van der Waals surface area contributed by atoms with Gasteiger partial charge in [0.1, 0.15) is 0 Å². The summed E-state index contributed by atoms with van der Waals surface area (Å²) in [5, 5.41) is 5.48. The number of hydrogen-bond acceptors (Lipinski definition) is 3. The van der Waals surface area contributed by atoms with Gasteiger partial charge in [0.25, 0.3) is 0 Å². The van der Waals surface area contributed by atoms with Gasteiger partial charge in [-0.25, -0.2) is 9.67 Å². The van der Waals surface area contributed by atoms with Gasteiger partial charge in [0, 0.05) is 17.6 Å². The van der Waals surface area contributed by atoms with E-state index in [-0.39, 0.29) is 6.04 Å². The first-order chi connectivity index (χ1) is 8.75. The van der Waals surface area contributed by atoms with E-state index in [1.54, 1.807) is 6.20 Å². The molecule has 90 valence electrons. The Balaban J connectivity index is 2.17. The van der Waals surface area contributed by atoms with Crippen LogP contribution in [0.1, 0.15) is 18.5 Å². The minimum Gasteiger partial charge on any atom is -0.324 e. The molecule has 0 aliphatic heterocycles. The molecule has 0 spiro atoms. The molecule has 18 heavy (non-hydrogen) atoms. The third-order valence-corrected chi connectivity index (χ3v) is 2.99. The zero-order chi connectivity index (χ0) is 12.5. The fourth-order valence-corrected chi connectivity index (χ4v) is 1.99. The SMILES string of the molecule is CC(N)c1ccnc(-n2ncc3ccccc32)c1. The Kier molecular flexibility index (Phi) is 2.57. The number of rotatable bonds is 2. The van der Waals surface area contributed by atoms with Crippen LogP contribution in [0.25, 0.3) is 16.7 Å². The number of aromatic nitrogens is 3. The molecule has 4 nitrogen and oxygen atoms in total. The maximum absolute atomic E-state index is 5.89. The summed E-state index contributed by atoms with van der Waals surface area (Å²) in [4.78, 5) is 4.36. The van der Waals surface area contributed by atoms with E-state index >= 15 is 0 Å². The predicted octanol–water partition coefficient (Wildman–Crippen LogP) is 2.44. The highest BCUT2D eigenvalue weighted by Gasteiger charge is 2.07. The topological polar surface area (TPSA) is 56.7 Å². The first-order valence-electron chi connectivity index (χ1n) is 5.90. The van der Waals surface area contributed by atoms with Crippen LogP contribution < -0.4 is 5.73 Å². The van der Waals surface area contributed by atoms with Crippen LogP contribution in [0.5, 0.6) is 0 Å². The van der Waals surface area contributed by atoms with E-state index in [4.69, 9.17) is 5.73 Å². The molecule has 0 aliphatic rings. The smallest absolute Gasteiger partial charge is 0.154 e. The Hall–Kier alpha value is -2.20. The predicted molar refractivity (Wildman–Crippen MR) is 71.5 cm³/mol. The fraction of sp³-hybridized carbons (Fsp3) is 0.143. The van der Waals surface area contributed by atoms with Crippen molar-refractivity contribution in [3.63, 3.8) is 0 Å². The third-order valence-electron chi connectivity index (χ3n) is 2.99. The highest BCUT2D eigenvalue weighted by Crippen LogP contribution is 2.18. The normalized spacial score (nSPS) is 12.8. The van der Waals surface area contributed by atoms with Crippen molar-refractivity contribution in [1.29, 1.82) is 0 Å². The van der Waals surface area contributed by atoms with Gasteiger partial charge in [0.15, 0.2) is 5.82 Å². The van der Waals surface area contributed by atoms with E-state index in [9.17, 15) is 0 Å². The number of benzene rings is 1. The van der Waals surface area contributed by atoms with Gasteiger partial charge >= 0.3 is 0 Å². The standard InChI is InChI=1S/C14H14N4/c1-10(15)11-6-7-16-14(8-11)18-13-5-3-2-4-12(13)9-17-18/h2-10H,15H2,1H3. The lowest BCUT2D eigenvalue weighted by atomic mass is 10.1. The van der Waals surface area contributed by atoms with Crippen LogP contribution in [0.15, 0.2) is 48.8 Å².